The number of carbonyl (C=O) groups is 3. The standard InChI is InChI=1S/C13H9N3O3/c14-12(18)8-5-15-9-3-1-2-6(11(8)9)7-4-10(17)16-13(7)19/h1-5,15H,(H2,14,18)(H,16,17,19). The maximum absolute atomic E-state index is 11.7. The Morgan fingerprint density at radius 2 is 2.00 bits per heavy atom. The van der Waals surface area contributed by atoms with E-state index in [1.54, 1.807) is 18.2 Å². The summed E-state index contributed by atoms with van der Waals surface area (Å²) in [6, 6.07) is 5.17. The van der Waals surface area contributed by atoms with Crippen molar-refractivity contribution in [3.05, 3.63) is 41.6 Å². The van der Waals surface area contributed by atoms with E-state index in [0.29, 0.717) is 22.0 Å². The summed E-state index contributed by atoms with van der Waals surface area (Å²) in [7, 11) is 0. The zero-order valence-corrected chi connectivity index (χ0v) is 9.69. The Labute approximate surface area is 107 Å². The largest absolute Gasteiger partial charge is 0.366 e. The summed E-state index contributed by atoms with van der Waals surface area (Å²) in [5, 5.41) is 2.72. The fourth-order valence-corrected chi connectivity index (χ4v) is 2.22. The molecule has 0 aliphatic carbocycles. The molecule has 0 spiro atoms. The fraction of sp³-hybridized carbons (Fsp3) is 0. The first-order valence-corrected chi connectivity index (χ1v) is 5.55. The Morgan fingerprint density at radius 3 is 2.63 bits per heavy atom. The molecule has 19 heavy (non-hydrogen) atoms. The molecular formula is C13H9N3O3. The molecule has 1 aromatic heterocycles. The number of H-pyrrole nitrogens is 1. The molecule has 2 aromatic rings. The van der Waals surface area contributed by atoms with E-state index >= 15 is 0 Å². The van der Waals surface area contributed by atoms with Crippen molar-refractivity contribution in [3.63, 3.8) is 0 Å². The number of nitrogens with one attached hydrogen (secondary N) is 2. The molecule has 3 rings (SSSR count). The van der Waals surface area contributed by atoms with Gasteiger partial charge in [0.05, 0.1) is 11.1 Å². The molecular weight excluding hydrogens is 246 g/mol. The van der Waals surface area contributed by atoms with Gasteiger partial charge in [-0.25, -0.2) is 0 Å². The number of aromatic nitrogens is 1. The normalized spacial score (nSPS) is 14.6. The van der Waals surface area contributed by atoms with Gasteiger partial charge in [0, 0.05) is 23.2 Å². The fourth-order valence-electron chi connectivity index (χ4n) is 2.22. The van der Waals surface area contributed by atoms with Crippen LogP contribution in [-0.4, -0.2) is 22.7 Å². The molecule has 1 aromatic carbocycles. The minimum absolute atomic E-state index is 0.234. The van der Waals surface area contributed by atoms with E-state index < -0.39 is 17.7 Å². The van der Waals surface area contributed by atoms with Crippen molar-refractivity contribution in [1.29, 1.82) is 0 Å². The third kappa shape index (κ3) is 1.61. The van der Waals surface area contributed by atoms with Crippen molar-refractivity contribution in [3.8, 4) is 0 Å². The maximum Gasteiger partial charge on any atom is 0.258 e. The van der Waals surface area contributed by atoms with Gasteiger partial charge in [-0.2, -0.15) is 0 Å². The van der Waals surface area contributed by atoms with Crippen LogP contribution < -0.4 is 11.1 Å². The van der Waals surface area contributed by atoms with Crippen LogP contribution in [0.4, 0.5) is 0 Å². The van der Waals surface area contributed by atoms with Crippen LogP contribution in [0.25, 0.3) is 16.5 Å². The average molecular weight is 255 g/mol. The van der Waals surface area contributed by atoms with E-state index in [-0.39, 0.29) is 5.57 Å². The molecule has 0 atom stereocenters. The third-order valence-electron chi connectivity index (χ3n) is 3.02. The van der Waals surface area contributed by atoms with Crippen molar-refractivity contribution < 1.29 is 14.4 Å². The second-order valence-corrected chi connectivity index (χ2v) is 4.17. The first-order valence-electron chi connectivity index (χ1n) is 5.55. The van der Waals surface area contributed by atoms with Gasteiger partial charge in [-0.15, -0.1) is 0 Å². The second kappa shape index (κ2) is 3.81. The van der Waals surface area contributed by atoms with Gasteiger partial charge in [-0.3, -0.25) is 19.7 Å². The Kier molecular flexibility index (Phi) is 2.25. The molecule has 0 bridgehead atoms. The SMILES string of the molecule is NC(=O)c1c[nH]c2cccc(C3=CC(=O)NC3=O)c12. The predicted octanol–water partition coefficient (Wildman–Crippen LogP) is 0.307. The summed E-state index contributed by atoms with van der Waals surface area (Å²) in [6.07, 6.45) is 2.71. The van der Waals surface area contributed by atoms with Gasteiger partial charge in [-0.05, 0) is 11.6 Å². The predicted molar refractivity (Wildman–Crippen MR) is 67.9 cm³/mol. The van der Waals surface area contributed by atoms with Crippen LogP contribution >= 0.6 is 0 Å². The summed E-state index contributed by atoms with van der Waals surface area (Å²) in [5.74, 6) is -1.54. The lowest BCUT2D eigenvalue weighted by Crippen LogP contribution is -2.21. The highest BCUT2D eigenvalue weighted by Crippen LogP contribution is 2.29. The first-order chi connectivity index (χ1) is 9.08. The Hall–Kier alpha value is -2.89. The average Bonchev–Trinajstić information content (AvgIpc) is 2.92. The van der Waals surface area contributed by atoms with E-state index in [0.717, 1.165) is 0 Å². The number of rotatable bonds is 2. The van der Waals surface area contributed by atoms with Crippen LogP contribution in [0, 0.1) is 0 Å². The molecule has 0 unspecified atom stereocenters. The smallest absolute Gasteiger partial charge is 0.258 e. The van der Waals surface area contributed by atoms with E-state index in [9.17, 15) is 14.4 Å². The summed E-state index contributed by atoms with van der Waals surface area (Å²) < 4.78 is 0. The number of imide groups is 1. The minimum atomic E-state index is -0.593. The zero-order valence-electron chi connectivity index (χ0n) is 9.69. The highest BCUT2D eigenvalue weighted by atomic mass is 16.2. The monoisotopic (exact) mass is 255 g/mol. The third-order valence-corrected chi connectivity index (χ3v) is 3.02. The van der Waals surface area contributed by atoms with Gasteiger partial charge in [0.15, 0.2) is 0 Å². The molecule has 0 saturated carbocycles. The first kappa shape index (κ1) is 11.2. The number of hydrogen-bond acceptors (Lipinski definition) is 3. The molecule has 1 aliphatic rings. The Bertz CT molecular complexity index is 771. The van der Waals surface area contributed by atoms with Crippen molar-refractivity contribution >= 4 is 34.2 Å². The van der Waals surface area contributed by atoms with Crippen molar-refractivity contribution in [2.24, 2.45) is 5.73 Å². The Balaban J connectivity index is 2.33. The van der Waals surface area contributed by atoms with Gasteiger partial charge in [0.1, 0.15) is 0 Å². The quantitative estimate of drug-likeness (QED) is 0.672. The second-order valence-electron chi connectivity index (χ2n) is 4.17. The van der Waals surface area contributed by atoms with E-state index in [4.69, 9.17) is 5.73 Å². The number of carbonyl (C=O) groups excluding carboxylic acids is 3. The molecule has 4 N–H and O–H groups in total. The lowest BCUT2D eigenvalue weighted by molar-refractivity contribution is -0.123. The number of amides is 3. The van der Waals surface area contributed by atoms with Crippen molar-refractivity contribution in [2.75, 3.05) is 0 Å². The number of fused-ring (bicyclic) bond motifs is 1. The minimum Gasteiger partial charge on any atom is -0.366 e. The summed E-state index contributed by atoms with van der Waals surface area (Å²) >= 11 is 0. The van der Waals surface area contributed by atoms with E-state index in [2.05, 4.69) is 10.3 Å². The molecule has 6 heteroatoms. The van der Waals surface area contributed by atoms with E-state index in [1.807, 2.05) is 0 Å². The van der Waals surface area contributed by atoms with Crippen molar-refractivity contribution in [2.45, 2.75) is 0 Å². The molecule has 0 radical (unpaired) electrons. The van der Waals surface area contributed by atoms with Crippen molar-refractivity contribution in [1.82, 2.24) is 10.3 Å². The van der Waals surface area contributed by atoms with Gasteiger partial charge >= 0.3 is 0 Å². The molecule has 1 aliphatic heterocycles. The highest BCUT2D eigenvalue weighted by molar-refractivity contribution is 6.35. The number of benzene rings is 1. The van der Waals surface area contributed by atoms with Crippen LogP contribution in [0.1, 0.15) is 15.9 Å². The molecule has 2 heterocycles. The van der Waals surface area contributed by atoms with Gasteiger partial charge in [-0.1, -0.05) is 12.1 Å². The zero-order chi connectivity index (χ0) is 13.6. The van der Waals surface area contributed by atoms with Crippen LogP contribution in [0.15, 0.2) is 30.5 Å². The molecule has 3 amide bonds. The number of aromatic amines is 1. The lowest BCUT2D eigenvalue weighted by Gasteiger charge is -2.04. The van der Waals surface area contributed by atoms with Crippen LogP contribution in [0.5, 0.6) is 0 Å². The molecule has 94 valence electrons. The van der Waals surface area contributed by atoms with Crippen LogP contribution in [-0.2, 0) is 9.59 Å². The van der Waals surface area contributed by atoms with Gasteiger partial charge in [0.2, 0.25) is 0 Å². The summed E-state index contributed by atoms with van der Waals surface area (Å²) in [5.41, 5.74) is 7.02. The molecule has 6 nitrogen and oxygen atoms in total. The van der Waals surface area contributed by atoms with Gasteiger partial charge in [0.25, 0.3) is 17.7 Å². The van der Waals surface area contributed by atoms with Gasteiger partial charge < -0.3 is 10.7 Å². The summed E-state index contributed by atoms with van der Waals surface area (Å²) in [4.78, 5) is 37.2. The molecule has 0 saturated heterocycles. The number of primary amides is 1. The summed E-state index contributed by atoms with van der Waals surface area (Å²) in [6.45, 7) is 0. The lowest BCUT2D eigenvalue weighted by atomic mass is 9.99. The van der Waals surface area contributed by atoms with Crippen LogP contribution in [0.3, 0.4) is 0 Å². The molecule has 0 fully saturated rings. The number of nitrogens with two attached hydrogens (primary N) is 1. The maximum atomic E-state index is 11.7. The topological polar surface area (TPSA) is 105 Å². The van der Waals surface area contributed by atoms with Crippen LogP contribution in [0.2, 0.25) is 0 Å². The number of hydrogen-bond donors (Lipinski definition) is 3. The van der Waals surface area contributed by atoms with E-state index in [1.165, 1.54) is 12.3 Å². The Morgan fingerprint density at radius 1 is 1.21 bits per heavy atom. The highest BCUT2D eigenvalue weighted by Gasteiger charge is 2.25.